The lowest BCUT2D eigenvalue weighted by Crippen LogP contribution is -2.47. The fourth-order valence-electron chi connectivity index (χ4n) is 2.19. The van der Waals surface area contributed by atoms with Crippen LogP contribution in [0.1, 0.15) is 18.5 Å². The van der Waals surface area contributed by atoms with Crippen molar-refractivity contribution in [2.24, 2.45) is 17.2 Å². The second-order valence-corrected chi connectivity index (χ2v) is 5.61. The van der Waals surface area contributed by atoms with Crippen molar-refractivity contribution in [3.05, 3.63) is 34.3 Å². The zero-order chi connectivity index (χ0) is 15.3. The molecule has 6 N–H and O–H groups in total. The summed E-state index contributed by atoms with van der Waals surface area (Å²) in [4.78, 5) is 24.0. The van der Waals surface area contributed by atoms with Gasteiger partial charge in [-0.05, 0) is 24.6 Å². The third-order valence-corrected chi connectivity index (χ3v) is 3.29. The Morgan fingerprint density at radius 1 is 1.25 bits per heavy atom. The Hall–Kier alpha value is -1.44. The first-order valence-electron chi connectivity index (χ1n) is 6.13. The van der Waals surface area contributed by atoms with E-state index in [-0.39, 0.29) is 25.2 Å². The maximum Gasteiger partial charge on any atom is 0.231 e. The number of rotatable bonds is 7. The predicted molar refractivity (Wildman–Crippen MR) is 80.5 cm³/mol. The van der Waals surface area contributed by atoms with Crippen LogP contribution >= 0.6 is 15.9 Å². The van der Waals surface area contributed by atoms with Gasteiger partial charge in [-0.15, -0.1) is 0 Å². The zero-order valence-corrected chi connectivity index (χ0v) is 12.8. The van der Waals surface area contributed by atoms with Crippen molar-refractivity contribution >= 4 is 27.7 Å². The molecule has 1 rings (SSSR count). The van der Waals surface area contributed by atoms with Gasteiger partial charge in [0.2, 0.25) is 11.8 Å². The molecule has 0 saturated heterocycles. The smallest absolute Gasteiger partial charge is 0.231 e. The molecule has 110 valence electrons. The summed E-state index contributed by atoms with van der Waals surface area (Å²) in [6.07, 6.45) is 0. The number of carbonyl (C=O) groups is 2. The van der Waals surface area contributed by atoms with Crippen LogP contribution in [0.3, 0.4) is 0 Å². The molecule has 2 amide bonds. The number of nitrogens with zero attached hydrogens (tertiary/aromatic N) is 1. The van der Waals surface area contributed by atoms with Gasteiger partial charge in [0.05, 0.1) is 19.1 Å². The van der Waals surface area contributed by atoms with Crippen LogP contribution in [0.2, 0.25) is 0 Å². The third kappa shape index (κ3) is 4.92. The summed E-state index contributed by atoms with van der Waals surface area (Å²) in [6, 6.07) is 6.89. The standard InChI is InChI=1S/C13H19BrN4O2/c1-8(15)13(9-3-2-4-10(14)5-9)18(6-11(16)19)7-12(17)20/h2-5,8,13H,6-7,15H2,1H3,(H2,16,19)(H2,17,20). The number of amides is 2. The summed E-state index contributed by atoms with van der Waals surface area (Å²) in [5, 5.41) is 0. The van der Waals surface area contributed by atoms with E-state index in [1.807, 2.05) is 24.3 Å². The highest BCUT2D eigenvalue weighted by Gasteiger charge is 2.26. The SMILES string of the molecule is CC(N)C(c1cccc(Br)c1)N(CC(N)=O)CC(N)=O. The van der Waals surface area contributed by atoms with Crippen molar-refractivity contribution < 1.29 is 9.59 Å². The van der Waals surface area contributed by atoms with Crippen LogP contribution < -0.4 is 17.2 Å². The van der Waals surface area contributed by atoms with E-state index in [1.54, 1.807) is 11.8 Å². The van der Waals surface area contributed by atoms with E-state index in [1.165, 1.54) is 0 Å². The molecule has 0 radical (unpaired) electrons. The van der Waals surface area contributed by atoms with Crippen molar-refractivity contribution in [2.45, 2.75) is 19.0 Å². The van der Waals surface area contributed by atoms with Gasteiger partial charge in [-0.2, -0.15) is 0 Å². The highest BCUT2D eigenvalue weighted by atomic mass is 79.9. The average molecular weight is 343 g/mol. The Morgan fingerprint density at radius 2 is 1.80 bits per heavy atom. The minimum absolute atomic E-state index is 0.0817. The molecule has 0 aliphatic rings. The zero-order valence-electron chi connectivity index (χ0n) is 11.3. The number of carbonyl (C=O) groups excluding carboxylic acids is 2. The maximum atomic E-state index is 11.2. The summed E-state index contributed by atoms with van der Waals surface area (Å²) in [6.45, 7) is 1.64. The molecular formula is C13H19BrN4O2. The molecule has 7 heteroatoms. The van der Waals surface area contributed by atoms with E-state index >= 15 is 0 Å². The molecule has 0 bridgehead atoms. The summed E-state index contributed by atoms with van der Waals surface area (Å²) >= 11 is 3.39. The first kappa shape index (κ1) is 16.6. The lowest BCUT2D eigenvalue weighted by Gasteiger charge is -2.33. The van der Waals surface area contributed by atoms with Crippen LogP contribution in [0, 0.1) is 0 Å². The minimum atomic E-state index is -0.535. The normalized spacial score (nSPS) is 14.0. The molecule has 1 aromatic carbocycles. The largest absolute Gasteiger partial charge is 0.369 e. The van der Waals surface area contributed by atoms with Gasteiger partial charge < -0.3 is 17.2 Å². The van der Waals surface area contributed by atoms with Crippen LogP contribution in [0.5, 0.6) is 0 Å². The van der Waals surface area contributed by atoms with Gasteiger partial charge in [-0.25, -0.2) is 0 Å². The molecule has 6 nitrogen and oxygen atoms in total. The van der Waals surface area contributed by atoms with Crippen LogP contribution in [-0.4, -0.2) is 35.8 Å². The molecule has 0 heterocycles. The molecule has 20 heavy (non-hydrogen) atoms. The number of nitrogens with two attached hydrogens (primary N) is 3. The highest BCUT2D eigenvalue weighted by Crippen LogP contribution is 2.25. The second kappa shape index (κ2) is 7.37. The van der Waals surface area contributed by atoms with Gasteiger partial charge in [0.1, 0.15) is 0 Å². The lowest BCUT2D eigenvalue weighted by molar-refractivity contribution is -0.123. The van der Waals surface area contributed by atoms with Gasteiger partial charge in [0.15, 0.2) is 0 Å². The van der Waals surface area contributed by atoms with Gasteiger partial charge in [-0.1, -0.05) is 28.1 Å². The minimum Gasteiger partial charge on any atom is -0.369 e. The van der Waals surface area contributed by atoms with Crippen LogP contribution in [0.25, 0.3) is 0 Å². The van der Waals surface area contributed by atoms with E-state index in [2.05, 4.69) is 15.9 Å². The van der Waals surface area contributed by atoms with Gasteiger partial charge >= 0.3 is 0 Å². The summed E-state index contributed by atoms with van der Waals surface area (Å²) in [7, 11) is 0. The summed E-state index contributed by atoms with van der Waals surface area (Å²) in [5.41, 5.74) is 17.4. The number of benzene rings is 1. The van der Waals surface area contributed by atoms with Gasteiger partial charge in [0.25, 0.3) is 0 Å². The average Bonchev–Trinajstić information content (AvgIpc) is 2.26. The van der Waals surface area contributed by atoms with Crippen molar-refractivity contribution in [3.8, 4) is 0 Å². The van der Waals surface area contributed by atoms with E-state index in [9.17, 15) is 9.59 Å². The van der Waals surface area contributed by atoms with E-state index in [0.717, 1.165) is 10.0 Å². The molecule has 0 aliphatic heterocycles. The fourth-order valence-corrected chi connectivity index (χ4v) is 2.61. The molecule has 2 atom stereocenters. The summed E-state index contributed by atoms with van der Waals surface area (Å²) < 4.78 is 0.888. The Labute approximate surface area is 126 Å². The van der Waals surface area contributed by atoms with Crippen LogP contribution in [0.4, 0.5) is 0 Å². The number of hydrogen-bond acceptors (Lipinski definition) is 4. The Morgan fingerprint density at radius 3 is 2.20 bits per heavy atom. The number of primary amides is 2. The molecule has 0 spiro atoms. The summed E-state index contributed by atoms with van der Waals surface area (Å²) in [5.74, 6) is -1.07. The Bertz CT molecular complexity index is 477. The van der Waals surface area contributed by atoms with E-state index in [4.69, 9.17) is 17.2 Å². The number of hydrogen-bond donors (Lipinski definition) is 3. The quantitative estimate of drug-likeness (QED) is 0.652. The Balaban J connectivity index is 3.12. The van der Waals surface area contributed by atoms with Gasteiger partial charge in [-0.3, -0.25) is 14.5 Å². The van der Waals surface area contributed by atoms with Crippen molar-refractivity contribution in [1.29, 1.82) is 0 Å². The number of halogens is 1. The third-order valence-electron chi connectivity index (χ3n) is 2.80. The lowest BCUT2D eigenvalue weighted by atomic mass is 9.99. The predicted octanol–water partition coefficient (Wildman–Crippen LogP) is 0.110. The fraction of sp³-hybridized carbons (Fsp3) is 0.385. The van der Waals surface area contributed by atoms with Gasteiger partial charge in [0, 0.05) is 10.5 Å². The molecule has 0 saturated carbocycles. The van der Waals surface area contributed by atoms with Crippen molar-refractivity contribution in [2.75, 3.05) is 13.1 Å². The first-order chi connectivity index (χ1) is 9.31. The molecule has 1 aromatic rings. The van der Waals surface area contributed by atoms with E-state index in [0.29, 0.717) is 0 Å². The maximum absolute atomic E-state index is 11.2. The van der Waals surface area contributed by atoms with Crippen LogP contribution in [0.15, 0.2) is 28.7 Å². The highest BCUT2D eigenvalue weighted by molar-refractivity contribution is 9.10. The molecule has 0 aromatic heterocycles. The molecule has 0 aliphatic carbocycles. The monoisotopic (exact) mass is 342 g/mol. The topological polar surface area (TPSA) is 115 Å². The van der Waals surface area contributed by atoms with Crippen molar-refractivity contribution in [1.82, 2.24) is 4.90 Å². The molecular weight excluding hydrogens is 324 g/mol. The van der Waals surface area contributed by atoms with E-state index < -0.39 is 11.8 Å². The second-order valence-electron chi connectivity index (χ2n) is 4.70. The van der Waals surface area contributed by atoms with Crippen molar-refractivity contribution in [3.63, 3.8) is 0 Å². The molecule has 2 unspecified atom stereocenters. The molecule has 0 fully saturated rings. The van der Waals surface area contributed by atoms with Crippen LogP contribution in [-0.2, 0) is 9.59 Å². The first-order valence-corrected chi connectivity index (χ1v) is 6.92. The Kier molecular flexibility index (Phi) is 6.12.